The minimum Gasteiger partial charge on any atom is -0.378 e. The first kappa shape index (κ1) is 46.7. The summed E-state index contributed by atoms with van der Waals surface area (Å²) >= 11 is 0. The van der Waals surface area contributed by atoms with Crippen molar-refractivity contribution in [3.05, 3.63) is 130 Å². The number of alkyl halides is 3. The second-order valence-electron chi connectivity index (χ2n) is 13.7. The Morgan fingerprint density at radius 3 is 1.34 bits per heavy atom. The fourth-order valence-corrected chi connectivity index (χ4v) is 6.15. The Morgan fingerprint density at radius 2 is 0.984 bits per heavy atom. The van der Waals surface area contributed by atoms with Crippen LogP contribution in [-0.2, 0) is 27.4 Å². The van der Waals surface area contributed by atoms with Crippen molar-refractivity contribution in [2.45, 2.75) is 19.3 Å². The van der Waals surface area contributed by atoms with Crippen LogP contribution in [-0.4, -0.2) is 111 Å². The van der Waals surface area contributed by atoms with Gasteiger partial charge in [-0.15, -0.1) is 0 Å². The Morgan fingerprint density at radius 1 is 0.597 bits per heavy atom. The molecule has 5 amide bonds. The largest absolute Gasteiger partial charge is 0.471 e. The molecule has 0 radical (unpaired) electrons. The molecule has 0 spiro atoms. The van der Waals surface area contributed by atoms with Crippen LogP contribution in [0.1, 0.15) is 31.8 Å². The third-order valence-electron chi connectivity index (χ3n) is 9.56. The second kappa shape index (κ2) is 21.4. The van der Waals surface area contributed by atoms with Crippen LogP contribution in [0, 0.1) is 23.3 Å². The quantitative estimate of drug-likeness (QED) is 0.141. The van der Waals surface area contributed by atoms with E-state index in [1.165, 1.54) is 80.7 Å². The summed E-state index contributed by atoms with van der Waals surface area (Å²) in [5.74, 6) is -6.02. The van der Waals surface area contributed by atoms with Crippen LogP contribution >= 0.6 is 0 Å². The summed E-state index contributed by atoms with van der Waals surface area (Å²) in [4.78, 5) is 66.4. The number of morpholine rings is 2. The number of benzene rings is 4. The highest BCUT2D eigenvalue weighted by Gasteiger charge is 2.38. The maximum absolute atomic E-state index is 14.8. The standard InChI is InChI=1S/C22H20F5N3O4.C20H21F2N3O3/c23-16-3-5-17(6-4-16)30(21(33)29-7-9-34-10-8-29)13-15-2-1-14(11-18(15)24)19(31)12-28-20(32)22(25,26)27;21-16-3-5-17(6-4-16)25(20(27)24-7-9-28-10-8-24)13-15-2-1-14(11-18(15)22)19(26)12-23/h1-6,11H,7-10,12-13H2,(H,28,32);1-6,11H,7-10,12-13,23H2. The lowest BCUT2D eigenvalue weighted by Gasteiger charge is -2.33. The molecule has 0 saturated carbocycles. The van der Waals surface area contributed by atoms with E-state index in [1.807, 2.05) is 0 Å². The number of anilines is 2. The Balaban J connectivity index is 0.000000238. The van der Waals surface area contributed by atoms with Gasteiger partial charge >= 0.3 is 24.1 Å². The molecule has 0 aromatic heterocycles. The van der Waals surface area contributed by atoms with Gasteiger partial charge in [-0.1, -0.05) is 24.3 Å². The number of hydrogen-bond donors (Lipinski definition) is 2. The van der Waals surface area contributed by atoms with Crippen LogP contribution in [0.2, 0.25) is 0 Å². The topological polar surface area (TPSA) is 155 Å². The van der Waals surface area contributed by atoms with E-state index < -0.39 is 53.7 Å². The van der Waals surface area contributed by atoms with Crippen LogP contribution in [0.5, 0.6) is 0 Å². The van der Waals surface area contributed by atoms with Gasteiger partial charge in [0.25, 0.3) is 0 Å². The third-order valence-corrected chi connectivity index (χ3v) is 9.56. The van der Waals surface area contributed by atoms with Gasteiger partial charge in [0.1, 0.15) is 23.3 Å². The minimum atomic E-state index is -5.15. The summed E-state index contributed by atoms with van der Waals surface area (Å²) in [6.45, 7) is 1.48. The molecule has 4 aromatic carbocycles. The van der Waals surface area contributed by atoms with E-state index in [1.54, 1.807) is 4.90 Å². The first-order valence-electron chi connectivity index (χ1n) is 19.0. The smallest absolute Gasteiger partial charge is 0.378 e. The van der Waals surface area contributed by atoms with Gasteiger partial charge in [0.2, 0.25) is 0 Å². The molecule has 0 aliphatic carbocycles. The number of urea groups is 2. The summed E-state index contributed by atoms with van der Waals surface area (Å²) in [5.41, 5.74) is 6.24. The van der Waals surface area contributed by atoms with E-state index in [-0.39, 0.29) is 53.7 Å². The number of amides is 5. The molecule has 2 aliphatic rings. The molecule has 330 valence electrons. The number of Topliss-reactive ketones (excluding diaryl/α,β-unsaturated/α-hetero) is 2. The van der Waals surface area contributed by atoms with Crippen molar-refractivity contribution in [3.8, 4) is 0 Å². The monoisotopic (exact) mass is 874 g/mol. The van der Waals surface area contributed by atoms with Gasteiger partial charge in [0.05, 0.1) is 52.6 Å². The van der Waals surface area contributed by atoms with E-state index in [9.17, 15) is 54.7 Å². The van der Waals surface area contributed by atoms with Crippen molar-refractivity contribution in [1.82, 2.24) is 15.1 Å². The van der Waals surface area contributed by atoms with Crippen LogP contribution < -0.4 is 20.9 Å². The normalized spacial score (nSPS) is 14.0. The molecule has 62 heavy (non-hydrogen) atoms. The highest BCUT2D eigenvalue weighted by atomic mass is 19.4. The molecule has 2 fully saturated rings. The number of nitrogens with two attached hydrogens (primary N) is 1. The van der Waals surface area contributed by atoms with Gasteiger partial charge in [0, 0.05) is 59.8 Å². The molecule has 0 atom stereocenters. The summed E-state index contributed by atoms with van der Waals surface area (Å²) in [5, 5.41) is 1.43. The molecular formula is C42H41F7N6O7. The number of carbonyl (C=O) groups is 5. The number of hydrogen-bond acceptors (Lipinski definition) is 8. The van der Waals surface area contributed by atoms with Gasteiger partial charge in [-0.3, -0.25) is 24.2 Å². The number of ketones is 2. The summed E-state index contributed by atoms with van der Waals surface area (Å²) < 4.78 is 103. The van der Waals surface area contributed by atoms with E-state index >= 15 is 0 Å². The third kappa shape index (κ3) is 12.6. The van der Waals surface area contributed by atoms with E-state index in [4.69, 9.17) is 15.2 Å². The van der Waals surface area contributed by atoms with Crippen molar-refractivity contribution in [1.29, 1.82) is 0 Å². The van der Waals surface area contributed by atoms with Crippen molar-refractivity contribution in [2.75, 3.05) is 75.5 Å². The Labute approximate surface area is 350 Å². The fraction of sp³-hybridized carbons (Fsp3) is 0.310. The summed E-state index contributed by atoms with van der Waals surface area (Å²) in [6, 6.07) is 17.0. The molecule has 0 unspecified atom stereocenters. The molecular weight excluding hydrogens is 833 g/mol. The van der Waals surface area contributed by atoms with E-state index in [2.05, 4.69) is 0 Å². The highest BCUT2D eigenvalue weighted by Crippen LogP contribution is 2.25. The van der Waals surface area contributed by atoms with Crippen LogP contribution in [0.4, 0.5) is 51.7 Å². The van der Waals surface area contributed by atoms with Crippen LogP contribution in [0.15, 0.2) is 84.9 Å². The van der Waals surface area contributed by atoms with Gasteiger partial charge < -0.3 is 30.3 Å². The van der Waals surface area contributed by atoms with Crippen molar-refractivity contribution in [2.24, 2.45) is 5.73 Å². The van der Waals surface area contributed by atoms with Gasteiger partial charge in [-0.05, 0) is 60.7 Å². The lowest BCUT2D eigenvalue weighted by atomic mass is 10.1. The zero-order valence-corrected chi connectivity index (χ0v) is 32.9. The Hall–Kier alpha value is -6.38. The number of nitrogens with zero attached hydrogens (tertiary/aromatic N) is 4. The number of ether oxygens (including phenoxy) is 2. The lowest BCUT2D eigenvalue weighted by Crippen LogP contribution is -2.48. The van der Waals surface area contributed by atoms with E-state index in [0.29, 0.717) is 64.0 Å². The first-order chi connectivity index (χ1) is 29.5. The number of rotatable bonds is 11. The maximum Gasteiger partial charge on any atom is 0.471 e. The number of carbonyl (C=O) groups excluding carboxylic acids is 5. The SMILES string of the molecule is NCC(=O)c1ccc(CN(C(=O)N2CCOCC2)c2ccc(F)cc2)c(F)c1.O=C(CNC(=O)C(F)(F)F)c1ccc(CN(C(=O)N2CCOCC2)c2ccc(F)cc2)c(F)c1. The zero-order chi connectivity index (χ0) is 45.0. The van der Waals surface area contributed by atoms with Crippen LogP contribution in [0.3, 0.4) is 0 Å². The molecule has 13 nitrogen and oxygen atoms in total. The number of nitrogens with one attached hydrogen (secondary N) is 1. The molecule has 4 aromatic rings. The summed E-state index contributed by atoms with van der Waals surface area (Å²) in [7, 11) is 0. The second-order valence-corrected chi connectivity index (χ2v) is 13.7. The molecule has 6 rings (SSSR count). The Bertz CT molecular complexity index is 2220. The van der Waals surface area contributed by atoms with Gasteiger partial charge in [-0.25, -0.2) is 27.2 Å². The average molecular weight is 875 g/mol. The first-order valence-corrected chi connectivity index (χ1v) is 19.0. The van der Waals surface area contributed by atoms with Crippen molar-refractivity contribution < 1.29 is 64.2 Å². The fourth-order valence-electron chi connectivity index (χ4n) is 6.15. The van der Waals surface area contributed by atoms with Crippen molar-refractivity contribution >= 4 is 40.9 Å². The van der Waals surface area contributed by atoms with Crippen LogP contribution in [0.25, 0.3) is 0 Å². The summed E-state index contributed by atoms with van der Waals surface area (Å²) in [6.07, 6.45) is -5.15. The minimum absolute atomic E-state index is 0.0156. The molecule has 2 aliphatic heterocycles. The predicted molar refractivity (Wildman–Crippen MR) is 210 cm³/mol. The molecule has 2 saturated heterocycles. The van der Waals surface area contributed by atoms with Gasteiger partial charge in [0.15, 0.2) is 11.6 Å². The van der Waals surface area contributed by atoms with E-state index in [0.717, 1.165) is 24.3 Å². The molecule has 20 heteroatoms. The molecule has 2 heterocycles. The maximum atomic E-state index is 14.8. The van der Waals surface area contributed by atoms with Crippen molar-refractivity contribution in [3.63, 3.8) is 0 Å². The Kier molecular flexibility index (Phi) is 16.1. The average Bonchev–Trinajstić information content (AvgIpc) is 3.27. The lowest BCUT2D eigenvalue weighted by molar-refractivity contribution is -0.173. The molecule has 3 N–H and O–H groups in total. The number of halogens is 7. The zero-order valence-electron chi connectivity index (χ0n) is 32.9. The molecule has 0 bridgehead atoms. The predicted octanol–water partition coefficient (Wildman–Crippen LogP) is 5.85. The van der Waals surface area contributed by atoms with Gasteiger partial charge in [-0.2, -0.15) is 13.2 Å². The highest BCUT2D eigenvalue weighted by molar-refractivity contribution is 6.00.